The smallest absolute Gasteiger partial charge is 0.239 e. The van der Waals surface area contributed by atoms with Crippen LogP contribution < -0.4 is 16.0 Å². The summed E-state index contributed by atoms with van der Waals surface area (Å²) >= 11 is 0. The minimum Gasteiger partial charge on any atom is -0.352 e. The molecular weight excluding hydrogens is 306 g/mol. The first-order chi connectivity index (χ1) is 11.3. The quantitative estimate of drug-likeness (QED) is 0.725. The lowest BCUT2D eigenvalue weighted by Gasteiger charge is -2.25. The Morgan fingerprint density at radius 3 is 1.92 bits per heavy atom. The second-order valence-electron chi connectivity index (χ2n) is 6.79. The summed E-state index contributed by atoms with van der Waals surface area (Å²) in [5.41, 5.74) is 0.0772. The number of nitrogens with one attached hydrogen (secondary N) is 3. The molecule has 130 valence electrons. The van der Waals surface area contributed by atoms with Crippen LogP contribution in [0.4, 0.5) is 11.4 Å². The molecular formula is C18H25N3O3. The number of hydrogen-bond donors (Lipinski definition) is 3. The highest BCUT2D eigenvalue weighted by molar-refractivity contribution is 6.10. The fourth-order valence-electron chi connectivity index (χ4n) is 2.67. The van der Waals surface area contributed by atoms with Crippen LogP contribution >= 0.6 is 0 Å². The van der Waals surface area contributed by atoms with E-state index in [0.29, 0.717) is 11.4 Å². The maximum atomic E-state index is 12.5. The van der Waals surface area contributed by atoms with Gasteiger partial charge in [0.15, 0.2) is 0 Å². The lowest BCUT2D eigenvalue weighted by molar-refractivity contribution is -0.138. The standard InChI is InChI=1S/C18H25N3O3/c1-12(22)19-14-8-10-15(11-9-14)21-17(24)18(2,3)16(23)20-13-6-4-5-7-13/h8-11,13H,4-7H2,1-3H3,(H,19,22)(H,20,23)(H,21,24). The molecule has 1 aromatic carbocycles. The second-order valence-corrected chi connectivity index (χ2v) is 6.79. The summed E-state index contributed by atoms with van der Waals surface area (Å²) in [6, 6.07) is 6.95. The van der Waals surface area contributed by atoms with Crippen LogP contribution in [0.15, 0.2) is 24.3 Å². The molecule has 0 radical (unpaired) electrons. The van der Waals surface area contributed by atoms with Crippen molar-refractivity contribution in [3.8, 4) is 0 Å². The third-order valence-corrected chi connectivity index (χ3v) is 4.29. The van der Waals surface area contributed by atoms with Crippen LogP contribution in [-0.4, -0.2) is 23.8 Å². The Labute approximate surface area is 142 Å². The predicted octanol–water partition coefficient (Wildman–Crippen LogP) is 2.67. The van der Waals surface area contributed by atoms with Gasteiger partial charge in [-0.15, -0.1) is 0 Å². The number of amides is 3. The summed E-state index contributed by atoms with van der Waals surface area (Å²) < 4.78 is 0. The minimum absolute atomic E-state index is 0.156. The zero-order valence-corrected chi connectivity index (χ0v) is 14.4. The number of carbonyl (C=O) groups is 3. The van der Waals surface area contributed by atoms with Crippen LogP contribution in [0.25, 0.3) is 0 Å². The molecule has 0 heterocycles. The molecule has 1 aliphatic carbocycles. The number of benzene rings is 1. The zero-order valence-electron chi connectivity index (χ0n) is 14.4. The summed E-state index contributed by atoms with van der Waals surface area (Å²) in [7, 11) is 0. The van der Waals surface area contributed by atoms with Crippen molar-refractivity contribution < 1.29 is 14.4 Å². The molecule has 1 saturated carbocycles. The van der Waals surface area contributed by atoms with Crippen LogP contribution in [-0.2, 0) is 14.4 Å². The van der Waals surface area contributed by atoms with Crippen molar-refractivity contribution in [3.63, 3.8) is 0 Å². The van der Waals surface area contributed by atoms with E-state index in [1.165, 1.54) is 6.92 Å². The summed E-state index contributed by atoms with van der Waals surface area (Å²) in [6.07, 6.45) is 4.21. The molecule has 24 heavy (non-hydrogen) atoms. The van der Waals surface area contributed by atoms with Gasteiger partial charge in [0, 0.05) is 24.3 Å². The number of carbonyl (C=O) groups excluding carboxylic acids is 3. The Balaban J connectivity index is 1.96. The third-order valence-electron chi connectivity index (χ3n) is 4.29. The van der Waals surface area contributed by atoms with E-state index < -0.39 is 5.41 Å². The van der Waals surface area contributed by atoms with Gasteiger partial charge in [0.1, 0.15) is 5.41 Å². The summed E-state index contributed by atoms with van der Waals surface area (Å²) in [5, 5.41) is 8.38. The van der Waals surface area contributed by atoms with E-state index >= 15 is 0 Å². The predicted molar refractivity (Wildman–Crippen MR) is 93.6 cm³/mol. The lowest BCUT2D eigenvalue weighted by Crippen LogP contribution is -2.47. The molecule has 6 nitrogen and oxygen atoms in total. The normalized spacial score (nSPS) is 15.0. The van der Waals surface area contributed by atoms with Gasteiger partial charge in [-0.05, 0) is 51.0 Å². The average molecular weight is 331 g/mol. The maximum absolute atomic E-state index is 12.5. The molecule has 0 bridgehead atoms. The van der Waals surface area contributed by atoms with Crippen LogP contribution in [0.5, 0.6) is 0 Å². The van der Waals surface area contributed by atoms with Gasteiger partial charge in [0.05, 0.1) is 0 Å². The topological polar surface area (TPSA) is 87.3 Å². The van der Waals surface area contributed by atoms with Crippen molar-refractivity contribution in [2.24, 2.45) is 5.41 Å². The van der Waals surface area contributed by atoms with Crippen molar-refractivity contribution >= 4 is 29.1 Å². The molecule has 0 saturated heterocycles. The van der Waals surface area contributed by atoms with E-state index in [1.54, 1.807) is 38.1 Å². The molecule has 2 rings (SSSR count). The first-order valence-corrected chi connectivity index (χ1v) is 8.29. The average Bonchev–Trinajstić information content (AvgIpc) is 3.01. The molecule has 3 amide bonds. The highest BCUT2D eigenvalue weighted by Gasteiger charge is 2.37. The van der Waals surface area contributed by atoms with Gasteiger partial charge in [-0.25, -0.2) is 0 Å². The van der Waals surface area contributed by atoms with Crippen molar-refractivity contribution in [2.75, 3.05) is 10.6 Å². The number of hydrogen-bond acceptors (Lipinski definition) is 3. The Hall–Kier alpha value is -2.37. The van der Waals surface area contributed by atoms with Crippen LogP contribution in [0.2, 0.25) is 0 Å². The molecule has 0 unspecified atom stereocenters. The highest BCUT2D eigenvalue weighted by Crippen LogP contribution is 2.23. The first-order valence-electron chi connectivity index (χ1n) is 8.29. The van der Waals surface area contributed by atoms with Gasteiger partial charge >= 0.3 is 0 Å². The number of rotatable bonds is 5. The SMILES string of the molecule is CC(=O)Nc1ccc(NC(=O)C(C)(C)C(=O)NC2CCCC2)cc1. The van der Waals surface area contributed by atoms with Gasteiger partial charge in [0.2, 0.25) is 17.7 Å². The summed E-state index contributed by atoms with van der Waals surface area (Å²) in [4.78, 5) is 35.9. The molecule has 0 atom stereocenters. The fourth-order valence-corrected chi connectivity index (χ4v) is 2.67. The maximum Gasteiger partial charge on any atom is 0.239 e. The van der Waals surface area contributed by atoms with E-state index in [0.717, 1.165) is 25.7 Å². The van der Waals surface area contributed by atoms with E-state index in [9.17, 15) is 14.4 Å². The third kappa shape index (κ3) is 4.57. The molecule has 0 aromatic heterocycles. The Kier molecular flexibility index (Phi) is 5.59. The van der Waals surface area contributed by atoms with Gasteiger partial charge in [-0.2, -0.15) is 0 Å². The van der Waals surface area contributed by atoms with E-state index in [2.05, 4.69) is 16.0 Å². The highest BCUT2D eigenvalue weighted by atomic mass is 16.2. The molecule has 0 spiro atoms. The van der Waals surface area contributed by atoms with E-state index in [4.69, 9.17) is 0 Å². The molecule has 6 heteroatoms. The Bertz CT molecular complexity index is 617. The van der Waals surface area contributed by atoms with Crippen molar-refractivity contribution in [1.29, 1.82) is 0 Å². The second kappa shape index (κ2) is 7.47. The van der Waals surface area contributed by atoms with Gasteiger partial charge < -0.3 is 16.0 Å². The lowest BCUT2D eigenvalue weighted by atomic mass is 9.90. The molecule has 3 N–H and O–H groups in total. The van der Waals surface area contributed by atoms with Crippen LogP contribution in [0.3, 0.4) is 0 Å². The summed E-state index contributed by atoms with van der Waals surface area (Å²) in [5.74, 6) is -0.761. The zero-order chi connectivity index (χ0) is 17.7. The van der Waals surface area contributed by atoms with E-state index in [-0.39, 0.29) is 23.8 Å². The first kappa shape index (κ1) is 18.0. The van der Waals surface area contributed by atoms with Crippen LogP contribution in [0.1, 0.15) is 46.5 Å². The van der Waals surface area contributed by atoms with Gasteiger partial charge in [-0.3, -0.25) is 14.4 Å². The van der Waals surface area contributed by atoms with Crippen LogP contribution in [0, 0.1) is 5.41 Å². The molecule has 1 fully saturated rings. The minimum atomic E-state index is -1.15. The largest absolute Gasteiger partial charge is 0.352 e. The fraction of sp³-hybridized carbons (Fsp3) is 0.500. The van der Waals surface area contributed by atoms with Crippen molar-refractivity contribution in [3.05, 3.63) is 24.3 Å². The van der Waals surface area contributed by atoms with Crippen molar-refractivity contribution in [2.45, 2.75) is 52.5 Å². The molecule has 1 aliphatic rings. The van der Waals surface area contributed by atoms with Gasteiger partial charge in [-0.1, -0.05) is 12.8 Å². The summed E-state index contributed by atoms with van der Waals surface area (Å²) in [6.45, 7) is 4.68. The molecule has 0 aliphatic heterocycles. The molecule has 1 aromatic rings. The van der Waals surface area contributed by atoms with Crippen molar-refractivity contribution in [1.82, 2.24) is 5.32 Å². The van der Waals surface area contributed by atoms with Gasteiger partial charge in [0.25, 0.3) is 0 Å². The van der Waals surface area contributed by atoms with E-state index in [1.807, 2.05) is 0 Å². The Morgan fingerprint density at radius 1 is 0.917 bits per heavy atom. The Morgan fingerprint density at radius 2 is 1.42 bits per heavy atom. The monoisotopic (exact) mass is 331 g/mol. The number of anilines is 2.